The van der Waals surface area contributed by atoms with E-state index in [1.165, 1.54) is 6.08 Å². The fraction of sp³-hybridized carbons (Fsp3) is 0.389. The van der Waals surface area contributed by atoms with Crippen molar-refractivity contribution in [1.29, 1.82) is 0 Å². The topological polar surface area (TPSA) is 92.5 Å². The van der Waals surface area contributed by atoms with Crippen LogP contribution in [0.15, 0.2) is 30.3 Å². The van der Waals surface area contributed by atoms with Gasteiger partial charge >= 0.3 is 0 Å². The van der Waals surface area contributed by atoms with E-state index in [0.717, 1.165) is 18.4 Å². The van der Waals surface area contributed by atoms with Crippen LogP contribution in [0.5, 0.6) is 0 Å². The minimum absolute atomic E-state index is 0.0699. The molecule has 0 saturated carbocycles. The fourth-order valence-electron chi connectivity index (χ4n) is 2.88. The minimum atomic E-state index is -0.318. The summed E-state index contributed by atoms with van der Waals surface area (Å²) in [5.41, 5.74) is 6.66. The van der Waals surface area contributed by atoms with Crippen LogP contribution in [0.25, 0.3) is 6.08 Å². The average Bonchev–Trinajstić information content (AvgIpc) is 2.59. The van der Waals surface area contributed by atoms with Crippen molar-refractivity contribution in [1.82, 2.24) is 10.2 Å². The van der Waals surface area contributed by atoms with Gasteiger partial charge in [0.25, 0.3) is 5.91 Å². The summed E-state index contributed by atoms with van der Waals surface area (Å²) in [4.78, 5) is 36.5. The van der Waals surface area contributed by atoms with E-state index >= 15 is 0 Å². The number of carbonyl (C=O) groups is 3. The Bertz CT molecular complexity index is 637. The zero-order valence-electron chi connectivity index (χ0n) is 13.8. The Hall–Kier alpha value is -2.63. The number of likely N-dealkylation sites (tertiary alicyclic amines) is 1. The largest absolute Gasteiger partial charge is 0.370 e. The van der Waals surface area contributed by atoms with Crippen molar-refractivity contribution >= 4 is 23.8 Å². The van der Waals surface area contributed by atoms with E-state index in [0.29, 0.717) is 25.1 Å². The molecule has 1 fully saturated rings. The Balaban J connectivity index is 1.94. The van der Waals surface area contributed by atoms with Gasteiger partial charge in [0.15, 0.2) is 0 Å². The maximum absolute atomic E-state index is 12.3. The highest BCUT2D eigenvalue weighted by molar-refractivity contribution is 5.94. The molecule has 0 aliphatic carbocycles. The third-order valence-corrected chi connectivity index (χ3v) is 4.14. The number of piperidine rings is 1. The van der Waals surface area contributed by atoms with Gasteiger partial charge in [-0.3, -0.25) is 14.4 Å². The van der Waals surface area contributed by atoms with E-state index < -0.39 is 0 Å². The number of primary amides is 1. The average molecular weight is 329 g/mol. The second-order valence-corrected chi connectivity index (χ2v) is 6.00. The molecule has 6 heteroatoms. The molecule has 1 aliphatic rings. The van der Waals surface area contributed by atoms with Gasteiger partial charge in [0.2, 0.25) is 11.8 Å². The second kappa shape index (κ2) is 8.29. The molecule has 0 spiro atoms. The zero-order valence-corrected chi connectivity index (χ0v) is 13.8. The predicted octanol–water partition coefficient (Wildman–Crippen LogP) is 1.17. The van der Waals surface area contributed by atoms with E-state index in [-0.39, 0.29) is 23.6 Å². The number of nitrogens with one attached hydrogen (secondary N) is 1. The highest BCUT2D eigenvalue weighted by Crippen LogP contribution is 2.19. The van der Waals surface area contributed by atoms with Crippen molar-refractivity contribution in [2.45, 2.75) is 19.3 Å². The highest BCUT2D eigenvalue weighted by atomic mass is 16.2. The van der Waals surface area contributed by atoms with Gasteiger partial charge < -0.3 is 16.0 Å². The maximum atomic E-state index is 12.3. The smallest absolute Gasteiger partial charge is 0.251 e. The Morgan fingerprint density at radius 2 is 2.00 bits per heavy atom. The molecule has 3 amide bonds. The van der Waals surface area contributed by atoms with Crippen LogP contribution in [0.4, 0.5) is 0 Å². The molecule has 1 aromatic carbocycles. The van der Waals surface area contributed by atoms with Crippen LogP contribution in [-0.2, 0) is 9.59 Å². The lowest BCUT2D eigenvalue weighted by Gasteiger charge is -2.31. The van der Waals surface area contributed by atoms with Crippen LogP contribution in [0.2, 0.25) is 0 Å². The molecule has 0 bridgehead atoms. The molecular formula is C18H23N3O3. The first-order valence-electron chi connectivity index (χ1n) is 8.07. The zero-order chi connectivity index (χ0) is 17.5. The van der Waals surface area contributed by atoms with Crippen LogP contribution >= 0.6 is 0 Å². The summed E-state index contributed by atoms with van der Waals surface area (Å²) < 4.78 is 0. The summed E-state index contributed by atoms with van der Waals surface area (Å²) in [7, 11) is 1.58. The van der Waals surface area contributed by atoms with E-state index in [2.05, 4.69) is 5.32 Å². The lowest BCUT2D eigenvalue weighted by atomic mass is 9.94. The molecule has 1 saturated heterocycles. The van der Waals surface area contributed by atoms with Crippen LogP contribution in [0.1, 0.15) is 35.2 Å². The van der Waals surface area contributed by atoms with Crippen molar-refractivity contribution in [3.05, 3.63) is 41.5 Å². The number of nitrogens with two attached hydrogens (primary N) is 1. The van der Waals surface area contributed by atoms with E-state index in [9.17, 15) is 14.4 Å². The Morgan fingerprint density at radius 1 is 1.29 bits per heavy atom. The SMILES string of the molecule is CNC(=O)c1ccc(/C=C\C(=O)N2CCC[C@H](CC(N)=O)C2)cc1. The number of carbonyl (C=O) groups excluding carboxylic acids is 3. The summed E-state index contributed by atoms with van der Waals surface area (Å²) >= 11 is 0. The second-order valence-electron chi connectivity index (χ2n) is 6.00. The molecule has 0 unspecified atom stereocenters. The number of benzene rings is 1. The van der Waals surface area contributed by atoms with Gasteiger partial charge in [-0.15, -0.1) is 0 Å². The number of rotatable bonds is 5. The van der Waals surface area contributed by atoms with Crippen LogP contribution in [0, 0.1) is 5.92 Å². The molecule has 0 radical (unpaired) electrons. The van der Waals surface area contributed by atoms with Gasteiger partial charge in [-0.1, -0.05) is 12.1 Å². The van der Waals surface area contributed by atoms with E-state index in [1.807, 2.05) is 0 Å². The lowest BCUT2D eigenvalue weighted by molar-refractivity contribution is -0.129. The third kappa shape index (κ3) is 4.94. The molecule has 2 rings (SSSR count). The number of amides is 3. The van der Waals surface area contributed by atoms with E-state index in [4.69, 9.17) is 5.73 Å². The first-order valence-corrected chi connectivity index (χ1v) is 8.07. The monoisotopic (exact) mass is 329 g/mol. The van der Waals surface area contributed by atoms with Crippen molar-refractivity contribution < 1.29 is 14.4 Å². The van der Waals surface area contributed by atoms with Crippen molar-refractivity contribution in [2.24, 2.45) is 11.7 Å². The normalized spacial score (nSPS) is 17.7. The fourth-order valence-corrected chi connectivity index (χ4v) is 2.88. The Morgan fingerprint density at radius 3 is 2.62 bits per heavy atom. The lowest BCUT2D eigenvalue weighted by Crippen LogP contribution is -2.40. The molecule has 6 nitrogen and oxygen atoms in total. The van der Waals surface area contributed by atoms with Gasteiger partial charge in [-0.2, -0.15) is 0 Å². The maximum Gasteiger partial charge on any atom is 0.251 e. The summed E-state index contributed by atoms with van der Waals surface area (Å²) in [6, 6.07) is 7.01. The van der Waals surface area contributed by atoms with Gasteiger partial charge in [-0.25, -0.2) is 0 Å². The molecule has 1 atom stereocenters. The minimum Gasteiger partial charge on any atom is -0.370 e. The molecule has 128 valence electrons. The first kappa shape index (κ1) is 17.7. The van der Waals surface area contributed by atoms with E-state index in [1.54, 1.807) is 42.3 Å². The quantitative estimate of drug-likeness (QED) is 0.794. The Kier molecular flexibility index (Phi) is 6.12. The molecule has 3 N–H and O–H groups in total. The summed E-state index contributed by atoms with van der Waals surface area (Å²) in [5.74, 6) is -0.378. The third-order valence-electron chi connectivity index (χ3n) is 4.14. The first-order chi connectivity index (χ1) is 11.5. The van der Waals surface area contributed by atoms with Crippen molar-refractivity contribution in [3.63, 3.8) is 0 Å². The molecule has 24 heavy (non-hydrogen) atoms. The molecule has 1 aliphatic heterocycles. The van der Waals surface area contributed by atoms with Gasteiger partial charge in [0, 0.05) is 38.2 Å². The summed E-state index contributed by atoms with van der Waals surface area (Å²) in [6.45, 7) is 1.27. The number of nitrogens with zero attached hydrogens (tertiary/aromatic N) is 1. The Labute approximate surface area is 141 Å². The van der Waals surface area contributed by atoms with Crippen LogP contribution in [-0.4, -0.2) is 42.8 Å². The van der Waals surface area contributed by atoms with Crippen molar-refractivity contribution in [2.75, 3.05) is 20.1 Å². The van der Waals surface area contributed by atoms with Gasteiger partial charge in [0.05, 0.1) is 0 Å². The molecule has 0 aromatic heterocycles. The van der Waals surface area contributed by atoms with Gasteiger partial charge in [-0.05, 0) is 42.5 Å². The number of hydrogen-bond acceptors (Lipinski definition) is 3. The van der Waals surface area contributed by atoms with Crippen LogP contribution < -0.4 is 11.1 Å². The van der Waals surface area contributed by atoms with Crippen molar-refractivity contribution in [3.8, 4) is 0 Å². The highest BCUT2D eigenvalue weighted by Gasteiger charge is 2.23. The van der Waals surface area contributed by atoms with Crippen LogP contribution in [0.3, 0.4) is 0 Å². The molecule has 1 heterocycles. The number of hydrogen-bond donors (Lipinski definition) is 2. The summed E-state index contributed by atoms with van der Waals surface area (Å²) in [6.07, 6.45) is 5.40. The molecular weight excluding hydrogens is 306 g/mol. The predicted molar refractivity (Wildman–Crippen MR) is 92.0 cm³/mol. The standard InChI is InChI=1S/C18H23N3O3/c1-20-18(24)15-7-4-13(5-8-15)6-9-17(23)21-10-2-3-14(12-21)11-16(19)22/h4-9,14H,2-3,10-12H2,1H3,(H2,19,22)(H,20,24)/b9-6-/t14-/m1/s1. The summed E-state index contributed by atoms with van der Waals surface area (Å²) in [5, 5.41) is 2.56. The van der Waals surface area contributed by atoms with Gasteiger partial charge in [0.1, 0.15) is 0 Å². The molecule has 1 aromatic rings.